The largest absolute Gasteiger partial charge is 0.491 e. The average molecular weight is 473 g/mol. The van der Waals surface area contributed by atoms with Crippen LogP contribution in [0.1, 0.15) is 32.2 Å². The van der Waals surface area contributed by atoms with E-state index in [9.17, 15) is 40.7 Å². The zero-order valence-electron chi connectivity index (χ0n) is 15.5. The number of halogens is 6. The number of ketones is 1. The molecule has 0 aromatic carbocycles. The van der Waals surface area contributed by atoms with Crippen molar-refractivity contribution < 1.29 is 50.3 Å². The van der Waals surface area contributed by atoms with Crippen molar-refractivity contribution in [3.05, 3.63) is 21.9 Å². The van der Waals surface area contributed by atoms with E-state index < -0.39 is 47.3 Å². The summed E-state index contributed by atoms with van der Waals surface area (Å²) in [5, 5.41) is 0. The van der Waals surface area contributed by atoms with Crippen molar-refractivity contribution in [3.8, 4) is 0 Å². The second-order valence-electron chi connectivity index (χ2n) is 6.75. The molecule has 0 spiro atoms. The van der Waals surface area contributed by atoms with Crippen LogP contribution in [0.3, 0.4) is 0 Å². The van der Waals surface area contributed by atoms with Gasteiger partial charge in [0, 0.05) is 7.05 Å². The smallest absolute Gasteiger partial charge is 0.372 e. The third-order valence-electron chi connectivity index (χ3n) is 4.12. The number of esters is 1. The lowest BCUT2D eigenvalue weighted by Gasteiger charge is -2.22. The molecule has 1 aliphatic heterocycles. The van der Waals surface area contributed by atoms with Gasteiger partial charge in [-0.1, -0.05) is 0 Å². The first-order valence-electron chi connectivity index (χ1n) is 8.52. The first-order chi connectivity index (χ1) is 14.2. The summed E-state index contributed by atoms with van der Waals surface area (Å²) in [5.41, 5.74) is 2.09. The molecule has 1 saturated carbocycles. The molecule has 169 valence electrons. The molecule has 8 nitrogen and oxygen atoms in total. The average Bonchev–Trinajstić information content (AvgIpc) is 3.24. The number of aliphatic imine (C=N–C) groups is 1. The van der Waals surface area contributed by atoms with E-state index in [1.807, 2.05) is 0 Å². The Morgan fingerprint density at radius 3 is 2.35 bits per heavy atom. The lowest BCUT2D eigenvalue weighted by Crippen LogP contribution is -2.57. The van der Waals surface area contributed by atoms with Crippen LogP contribution >= 0.6 is 11.3 Å². The van der Waals surface area contributed by atoms with Crippen molar-refractivity contribution in [2.24, 2.45) is 5.92 Å². The summed E-state index contributed by atoms with van der Waals surface area (Å²) in [6.45, 7) is -0.760. The minimum Gasteiger partial charge on any atom is -0.372 e. The highest BCUT2D eigenvalue weighted by atomic mass is 32.1. The zero-order chi connectivity index (χ0) is 23.2. The van der Waals surface area contributed by atoms with Crippen LogP contribution in [0, 0.1) is 5.92 Å². The van der Waals surface area contributed by atoms with E-state index in [1.54, 1.807) is 0 Å². The normalized spacial score (nSPS) is 21.3. The molecule has 31 heavy (non-hydrogen) atoms. The Kier molecular flexibility index (Phi) is 5.77. The number of alkyl halides is 6. The number of hydrogen-bond acceptors (Lipinski definition) is 8. The third-order valence-corrected chi connectivity index (χ3v) is 5.19. The maximum atomic E-state index is 12.7. The minimum atomic E-state index is -5.35. The van der Waals surface area contributed by atoms with Crippen LogP contribution in [0.4, 0.5) is 26.3 Å². The van der Waals surface area contributed by atoms with Gasteiger partial charge in [0.2, 0.25) is 0 Å². The molecular formula is C16H13F6N3O5S+. The Balaban J connectivity index is 1.78. The lowest BCUT2D eigenvalue weighted by molar-refractivity contribution is -0.224. The van der Waals surface area contributed by atoms with E-state index in [1.165, 1.54) is 0 Å². The van der Waals surface area contributed by atoms with E-state index in [4.69, 9.17) is 4.84 Å². The Hall–Kier alpha value is -2.68. The molecule has 1 unspecified atom stereocenters. The highest BCUT2D eigenvalue weighted by Gasteiger charge is 2.61. The van der Waals surface area contributed by atoms with Crippen molar-refractivity contribution in [2.75, 3.05) is 13.6 Å². The van der Waals surface area contributed by atoms with Crippen LogP contribution in [-0.2, 0) is 14.4 Å². The number of nitrogens with zero attached hydrogens (tertiary/aromatic N) is 2. The number of nitrogens with one attached hydrogen (secondary N) is 1. The minimum absolute atomic E-state index is 0.00464. The first-order valence-corrected chi connectivity index (χ1v) is 9.34. The standard InChI is InChI=1S/C16H13F6N3O5S/c1-25(12(27)9-5-4-8(31-9)10(26)15(17,18)19)6-14(29-13(28)16(20,21)22)23-11(30-24-14)7-2-3-7/h4-5,7,24H,2-3,6H2,1H3/q+1. The predicted molar refractivity (Wildman–Crippen MR) is 90.6 cm³/mol. The highest BCUT2D eigenvalue weighted by Crippen LogP contribution is 2.33. The van der Waals surface area contributed by atoms with E-state index in [-0.39, 0.29) is 28.0 Å². The van der Waals surface area contributed by atoms with E-state index >= 15 is 0 Å². The maximum absolute atomic E-state index is 12.7. The molecule has 1 aliphatic carbocycles. The van der Waals surface area contributed by atoms with Crippen molar-refractivity contribution in [1.82, 2.24) is 15.4 Å². The SMILES string of the molecule is CN(CC1(OC(=O)C(F)(F)F)[N+]=C(C2CC2)ON1)C(=O)c1ccc(C(=O)C(F)(F)F)s1. The van der Waals surface area contributed by atoms with Gasteiger partial charge in [0.05, 0.1) is 15.7 Å². The van der Waals surface area contributed by atoms with Crippen LogP contribution in [0.5, 0.6) is 0 Å². The summed E-state index contributed by atoms with van der Waals surface area (Å²) < 4.78 is 80.1. The number of ether oxygens (including phenoxy) is 1. The number of Topliss-reactive ketones (excluding diaryl/α,β-unsaturated/α-hetero) is 1. The maximum Gasteiger partial charge on any atom is 0.491 e. The van der Waals surface area contributed by atoms with E-state index in [0.29, 0.717) is 12.8 Å². The second kappa shape index (κ2) is 7.78. The number of likely N-dealkylation sites (N-methyl/N-ethyl adjacent to an activating group) is 1. The topological polar surface area (TPSA) is 99.0 Å². The second-order valence-corrected chi connectivity index (χ2v) is 7.84. The monoisotopic (exact) mass is 473 g/mol. The van der Waals surface area contributed by atoms with Crippen molar-refractivity contribution >= 4 is 34.9 Å². The molecule has 1 amide bonds. The Bertz CT molecular complexity index is 939. The highest BCUT2D eigenvalue weighted by molar-refractivity contribution is 7.16. The third kappa shape index (κ3) is 5.15. The fourth-order valence-electron chi connectivity index (χ4n) is 2.51. The summed E-state index contributed by atoms with van der Waals surface area (Å²) >= 11 is 0.259. The van der Waals surface area contributed by atoms with Gasteiger partial charge in [-0.3, -0.25) is 9.59 Å². The predicted octanol–water partition coefficient (Wildman–Crippen LogP) is 2.00. The molecule has 1 aromatic heterocycles. The van der Waals surface area contributed by atoms with Crippen LogP contribution in [0.15, 0.2) is 12.1 Å². The number of carbonyl (C=O) groups excluding carboxylic acids is 3. The van der Waals surface area contributed by atoms with Crippen LogP contribution < -0.4 is 10.5 Å². The quantitative estimate of drug-likeness (QED) is 0.386. The molecule has 0 saturated heterocycles. The van der Waals surface area contributed by atoms with E-state index in [2.05, 4.69) is 15.2 Å². The van der Waals surface area contributed by atoms with Crippen LogP contribution in [-0.4, -0.2) is 60.3 Å². The van der Waals surface area contributed by atoms with Gasteiger partial charge < -0.3 is 14.5 Å². The summed E-state index contributed by atoms with van der Waals surface area (Å²) in [6.07, 6.45) is -9.17. The van der Waals surface area contributed by atoms with Crippen molar-refractivity contribution in [3.63, 3.8) is 0 Å². The van der Waals surface area contributed by atoms with Gasteiger partial charge in [-0.25, -0.2) is 4.79 Å². The van der Waals surface area contributed by atoms with E-state index in [0.717, 1.165) is 24.1 Å². The van der Waals surface area contributed by atoms with Gasteiger partial charge >= 0.3 is 30.1 Å². The fourth-order valence-corrected chi connectivity index (χ4v) is 3.47. The van der Waals surface area contributed by atoms with Crippen LogP contribution in [0.25, 0.3) is 0 Å². The molecule has 1 N–H and O–H groups in total. The number of rotatable bonds is 6. The molecule has 3 rings (SSSR count). The number of amides is 1. The van der Waals surface area contributed by atoms with Crippen LogP contribution in [0.2, 0.25) is 0 Å². The Labute approximate surface area is 173 Å². The van der Waals surface area contributed by atoms with Gasteiger partial charge in [-0.15, -0.1) is 11.3 Å². The van der Waals surface area contributed by atoms with Crippen molar-refractivity contribution in [1.29, 1.82) is 0 Å². The molecule has 2 heterocycles. The van der Waals surface area contributed by atoms with Crippen molar-refractivity contribution in [2.45, 2.75) is 31.0 Å². The molecule has 0 bridgehead atoms. The summed E-state index contributed by atoms with van der Waals surface area (Å²) in [6, 6.07) is 1.77. The van der Waals surface area contributed by atoms with Gasteiger partial charge in [-0.2, -0.15) is 26.3 Å². The molecule has 2 aliphatic rings. The molecule has 1 fully saturated rings. The lowest BCUT2D eigenvalue weighted by atomic mass is 10.3. The first kappa shape index (κ1) is 23.0. The number of hydroxylamine groups is 1. The zero-order valence-corrected chi connectivity index (χ0v) is 16.3. The van der Waals surface area contributed by atoms with Gasteiger partial charge in [0.1, 0.15) is 4.99 Å². The Morgan fingerprint density at radius 2 is 1.81 bits per heavy atom. The summed E-state index contributed by atoms with van der Waals surface area (Å²) in [4.78, 5) is 43.8. The number of thiophene rings is 1. The summed E-state index contributed by atoms with van der Waals surface area (Å²) in [5.74, 6) is -8.24. The number of carbonyl (C=O) groups is 3. The fraction of sp³-hybridized carbons (Fsp3) is 0.500. The molecule has 1 aromatic rings. The molecule has 1 radical (unpaired) electrons. The molecular weight excluding hydrogens is 460 g/mol. The molecule has 1 atom stereocenters. The van der Waals surface area contributed by atoms with Gasteiger partial charge in [0.15, 0.2) is 6.54 Å². The molecule has 15 heteroatoms. The summed E-state index contributed by atoms with van der Waals surface area (Å²) in [7, 11) is 1.10. The Morgan fingerprint density at radius 1 is 1.19 bits per heavy atom. The van der Waals surface area contributed by atoms with Gasteiger partial charge in [-0.05, 0) is 30.5 Å². The number of hydrogen-bond donors (Lipinski definition) is 1. The van der Waals surface area contributed by atoms with Gasteiger partial charge in [0.25, 0.3) is 11.7 Å².